The summed E-state index contributed by atoms with van der Waals surface area (Å²) in [6.07, 6.45) is 0.657. The predicted molar refractivity (Wildman–Crippen MR) is 90.8 cm³/mol. The lowest BCUT2D eigenvalue weighted by Gasteiger charge is -2.31. The van der Waals surface area contributed by atoms with Gasteiger partial charge in [-0.05, 0) is 42.3 Å². The van der Waals surface area contributed by atoms with E-state index in [1.807, 2.05) is 41.3 Å². The molecule has 1 aliphatic rings. The van der Waals surface area contributed by atoms with Crippen molar-refractivity contribution < 1.29 is 4.79 Å². The van der Waals surface area contributed by atoms with Crippen LogP contribution in [0, 0.1) is 5.41 Å². The highest BCUT2D eigenvalue weighted by Crippen LogP contribution is 2.25. The van der Waals surface area contributed by atoms with Gasteiger partial charge in [0.1, 0.15) is 5.84 Å². The molecule has 1 heterocycles. The minimum Gasteiger partial charge on any atom is -0.326 e. The van der Waals surface area contributed by atoms with E-state index in [-0.39, 0.29) is 22.8 Å². The largest absolute Gasteiger partial charge is 0.326 e. The lowest BCUT2D eigenvalue weighted by Crippen LogP contribution is -2.35. The zero-order chi connectivity index (χ0) is 14.1. The van der Waals surface area contributed by atoms with Crippen molar-refractivity contribution >= 4 is 34.3 Å². The fraction of sp³-hybridized carbons (Fsp3) is 0.176. The van der Waals surface area contributed by atoms with Crippen LogP contribution in [0.1, 0.15) is 28.4 Å². The van der Waals surface area contributed by atoms with Gasteiger partial charge in [-0.25, -0.2) is 0 Å². The van der Waals surface area contributed by atoms with E-state index in [1.165, 1.54) is 11.1 Å². The highest BCUT2D eigenvalue weighted by Gasteiger charge is 2.21. The summed E-state index contributed by atoms with van der Waals surface area (Å²) >= 11 is 0. The lowest BCUT2D eigenvalue weighted by molar-refractivity contribution is 0.101. The van der Waals surface area contributed by atoms with Gasteiger partial charge >= 0.3 is 0 Å². The van der Waals surface area contributed by atoms with Crippen LogP contribution in [0.3, 0.4) is 0 Å². The molecule has 0 spiro atoms. The van der Waals surface area contributed by atoms with Crippen molar-refractivity contribution in [2.75, 3.05) is 4.90 Å². The molecular formula is C17H17BrN2O. The van der Waals surface area contributed by atoms with E-state index in [0.717, 1.165) is 5.69 Å². The number of halogens is 1. The van der Waals surface area contributed by atoms with Gasteiger partial charge in [-0.1, -0.05) is 24.3 Å². The van der Waals surface area contributed by atoms with Crippen molar-refractivity contribution in [3.8, 4) is 0 Å². The van der Waals surface area contributed by atoms with Crippen LogP contribution in [0.4, 0.5) is 5.69 Å². The molecule has 108 valence electrons. The van der Waals surface area contributed by atoms with Gasteiger partial charge in [0, 0.05) is 24.2 Å². The van der Waals surface area contributed by atoms with Crippen LogP contribution in [0.25, 0.3) is 0 Å². The van der Waals surface area contributed by atoms with Crippen molar-refractivity contribution in [2.24, 2.45) is 0 Å². The second-order valence-electron chi connectivity index (χ2n) is 5.08. The smallest absolute Gasteiger partial charge is 0.159 e. The topological polar surface area (TPSA) is 44.2 Å². The first-order valence-electron chi connectivity index (χ1n) is 6.68. The Morgan fingerprint density at radius 1 is 1.05 bits per heavy atom. The summed E-state index contributed by atoms with van der Waals surface area (Å²) in [5.74, 6) is 0.662. The minimum absolute atomic E-state index is 0. The van der Waals surface area contributed by atoms with E-state index in [9.17, 15) is 4.79 Å². The molecule has 21 heavy (non-hydrogen) atoms. The lowest BCUT2D eigenvalue weighted by atomic mass is 9.98. The first-order valence-corrected chi connectivity index (χ1v) is 6.68. The molecular weight excluding hydrogens is 328 g/mol. The third-order valence-electron chi connectivity index (χ3n) is 3.72. The molecule has 0 saturated heterocycles. The van der Waals surface area contributed by atoms with Gasteiger partial charge in [0.15, 0.2) is 5.78 Å². The van der Waals surface area contributed by atoms with Gasteiger partial charge < -0.3 is 4.90 Å². The molecule has 0 aliphatic carbocycles. The first-order chi connectivity index (χ1) is 9.65. The number of hydrogen-bond donors (Lipinski definition) is 1. The van der Waals surface area contributed by atoms with Gasteiger partial charge in [-0.15, -0.1) is 17.0 Å². The SMILES string of the molecule is Br.CC(=O)c1ccc(N2Cc3ccccc3CC2=N)cc1. The van der Waals surface area contributed by atoms with Crippen LogP contribution < -0.4 is 4.90 Å². The maximum Gasteiger partial charge on any atom is 0.159 e. The number of carbonyl (C=O) groups is 1. The van der Waals surface area contributed by atoms with Gasteiger partial charge in [-0.3, -0.25) is 10.2 Å². The third kappa shape index (κ3) is 3.05. The Bertz CT molecular complexity index is 679. The Balaban J connectivity index is 0.00000161. The summed E-state index contributed by atoms with van der Waals surface area (Å²) in [7, 11) is 0. The van der Waals surface area contributed by atoms with Crippen LogP contribution in [0.5, 0.6) is 0 Å². The monoisotopic (exact) mass is 344 g/mol. The quantitative estimate of drug-likeness (QED) is 0.836. The Hall–Kier alpha value is -1.94. The molecule has 0 bridgehead atoms. The number of anilines is 1. The fourth-order valence-corrected chi connectivity index (χ4v) is 2.55. The average Bonchev–Trinajstić information content (AvgIpc) is 2.46. The van der Waals surface area contributed by atoms with Crippen LogP contribution in [-0.2, 0) is 13.0 Å². The van der Waals surface area contributed by atoms with Crippen molar-refractivity contribution in [3.05, 3.63) is 65.2 Å². The second kappa shape index (κ2) is 6.22. The number of nitrogens with one attached hydrogen (secondary N) is 1. The number of amidine groups is 1. The van der Waals surface area contributed by atoms with Crippen molar-refractivity contribution in [2.45, 2.75) is 19.9 Å². The number of nitrogens with zero attached hydrogens (tertiary/aromatic N) is 1. The van der Waals surface area contributed by atoms with Crippen LogP contribution in [0.2, 0.25) is 0 Å². The molecule has 0 fully saturated rings. The highest BCUT2D eigenvalue weighted by atomic mass is 79.9. The Morgan fingerprint density at radius 3 is 2.29 bits per heavy atom. The van der Waals surface area contributed by atoms with E-state index in [2.05, 4.69) is 12.1 Å². The Labute approximate surface area is 134 Å². The summed E-state index contributed by atoms with van der Waals surface area (Å²) in [6.45, 7) is 2.28. The summed E-state index contributed by atoms with van der Waals surface area (Å²) in [4.78, 5) is 13.3. The van der Waals surface area contributed by atoms with Crippen LogP contribution >= 0.6 is 17.0 Å². The molecule has 0 amide bonds. The maximum absolute atomic E-state index is 11.3. The van der Waals surface area contributed by atoms with E-state index in [0.29, 0.717) is 24.4 Å². The van der Waals surface area contributed by atoms with Crippen molar-refractivity contribution in [1.29, 1.82) is 5.41 Å². The molecule has 0 saturated carbocycles. The van der Waals surface area contributed by atoms with Crippen LogP contribution in [-0.4, -0.2) is 11.6 Å². The molecule has 0 aromatic heterocycles. The Kier molecular flexibility index (Phi) is 4.58. The van der Waals surface area contributed by atoms with Gasteiger partial charge in [0.05, 0.1) is 0 Å². The molecule has 3 rings (SSSR count). The number of benzene rings is 2. The van der Waals surface area contributed by atoms with Crippen molar-refractivity contribution in [3.63, 3.8) is 0 Å². The number of hydrogen-bond acceptors (Lipinski definition) is 2. The number of rotatable bonds is 2. The highest BCUT2D eigenvalue weighted by molar-refractivity contribution is 8.93. The number of fused-ring (bicyclic) bond motifs is 1. The first kappa shape index (κ1) is 15.4. The third-order valence-corrected chi connectivity index (χ3v) is 3.72. The molecule has 2 aromatic carbocycles. The minimum atomic E-state index is 0. The predicted octanol–water partition coefficient (Wildman–Crippen LogP) is 4.01. The van der Waals surface area contributed by atoms with Crippen molar-refractivity contribution in [1.82, 2.24) is 0 Å². The fourth-order valence-electron chi connectivity index (χ4n) is 2.55. The van der Waals surface area contributed by atoms with Gasteiger partial charge in [-0.2, -0.15) is 0 Å². The molecule has 1 aliphatic heterocycles. The Morgan fingerprint density at radius 2 is 1.67 bits per heavy atom. The zero-order valence-electron chi connectivity index (χ0n) is 11.8. The molecule has 1 N–H and O–H groups in total. The summed E-state index contributed by atoms with van der Waals surface area (Å²) in [5.41, 5.74) is 4.17. The maximum atomic E-state index is 11.3. The van der Waals surface area contributed by atoms with Crippen LogP contribution in [0.15, 0.2) is 48.5 Å². The van der Waals surface area contributed by atoms with E-state index in [4.69, 9.17) is 5.41 Å². The number of ketones is 1. The van der Waals surface area contributed by atoms with E-state index < -0.39 is 0 Å². The zero-order valence-corrected chi connectivity index (χ0v) is 13.5. The standard InChI is InChI=1S/C17H16N2O.BrH/c1-12(20)13-6-8-16(9-7-13)19-11-15-5-3-2-4-14(15)10-17(19)18;/h2-9,18H,10-11H2,1H3;1H. The molecule has 2 aromatic rings. The molecule has 3 nitrogen and oxygen atoms in total. The molecule has 0 unspecified atom stereocenters. The molecule has 4 heteroatoms. The van der Waals surface area contributed by atoms with E-state index in [1.54, 1.807) is 6.92 Å². The second-order valence-corrected chi connectivity index (χ2v) is 5.08. The summed E-state index contributed by atoms with van der Waals surface area (Å²) in [5, 5.41) is 8.21. The van der Waals surface area contributed by atoms with Gasteiger partial charge in [0.2, 0.25) is 0 Å². The average molecular weight is 345 g/mol. The summed E-state index contributed by atoms with van der Waals surface area (Å²) in [6, 6.07) is 15.7. The molecule has 0 atom stereocenters. The molecule has 0 radical (unpaired) electrons. The van der Waals surface area contributed by atoms with Gasteiger partial charge in [0.25, 0.3) is 0 Å². The normalized spacial score (nSPS) is 13.4. The number of Topliss-reactive ketones (excluding diaryl/α,β-unsaturated/α-hetero) is 1. The summed E-state index contributed by atoms with van der Waals surface area (Å²) < 4.78 is 0. The number of carbonyl (C=O) groups excluding carboxylic acids is 1. The van der Waals surface area contributed by atoms with E-state index >= 15 is 0 Å².